The van der Waals surface area contributed by atoms with Crippen LogP contribution in [0.1, 0.15) is 38.4 Å². The Morgan fingerprint density at radius 3 is 2.50 bits per heavy atom. The largest absolute Gasteiger partial charge is 0.391 e. The summed E-state index contributed by atoms with van der Waals surface area (Å²) in [6.07, 6.45) is -0.624. The molecule has 1 aromatic carbocycles. The highest BCUT2D eigenvalue weighted by Crippen LogP contribution is 2.28. The van der Waals surface area contributed by atoms with Crippen LogP contribution in [0.4, 0.5) is 0 Å². The van der Waals surface area contributed by atoms with Gasteiger partial charge in [0.2, 0.25) is 17.7 Å². The number of nitrogens with one attached hydrogen (secondary N) is 2. The van der Waals surface area contributed by atoms with Crippen molar-refractivity contribution in [2.24, 2.45) is 5.41 Å². The third kappa shape index (κ3) is 6.33. The summed E-state index contributed by atoms with van der Waals surface area (Å²) in [6.45, 7) is 7.93. The van der Waals surface area contributed by atoms with Crippen LogP contribution in [0.2, 0.25) is 0 Å². The van der Waals surface area contributed by atoms with Gasteiger partial charge in [0.1, 0.15) is 12.1 Å². The predicted molar refractivity (Wildman–Crippen MR) is 141 cm³/mol. The van der Waals surface area contributed by atoms with Gasteiger partial charge in [0.25, 0.3) is 0 Å². The maximum Gasteiger partial charge on any atom is 0.246 e. The lowest BCUT2D eigenvalue weighted by Gasteiger charge is -2.35. The Balaban J connectivity index is 1.67. The van der Waals surface area contributed by atoms with Gasteiger partial charge in [-0.3, -0.25) is 14.4 Å². The highest BCUT2D eigenvalue weighted by atomic mass is 127. The number of hydrogen-bond donors (Lipinski definition) is 3. The molecule has 0 unspecified atom stereocenters. The molecule has 0 bridgehead atoms. The summed E-state index contributed by atoms with van der Waals surface area (Å²) in [5.41, 5.74) is 4.26. The van der Waals surface area contributed by atoms with Gasteiger partial charge in [0.15, 0.2) is 0 Å². The van der Waals surface area contributed by atoms with Crippen LogP contribution in [-0.2, 0) is 20.9 Å². The van der Waals surface area contributed by atoms with Gasteiger partial charge in [-0.15, -0.1) is 11.3 Å². The number of thiazole rings is 1. The molecule has 0 spiro atoms. The molecule has 1 aliphatic rings. The molecule has 184 valence electrons. The molecule has 1 fully saturated rings. The molecule has 8 nitrogen and oxygen atoms in total. The van der Waals surface area contributed by atoms with Gasteiger partial charge in [0, 0.05) is 19.5 Å². The zero-order valence-corrected chi connectivity index (χ0v) is 22.8. The Morgan fingerprint density at radius 1 is 1.26 bits per heavy atom. The molecule has 0 saturated carbocycles. The number of hydrogen-bond acceptors (Lipinski definition) is 6. The molecule has 10 heteroatoms. The molecule has 1 saturated heterocycles. The minimum Gasteiger partial charge on any atom is -0.391 e. The molecule has 3 atom stereocenters. The number of rotatable bonds is 7. The van der Waals surface area contributed by atoms with Crippen LogP contribution < -0.4 is 10.6 Å². The first kappa shape index (κ1) is 26.6. The van der Waals surface area contributed by atoms with Crippen molar-refractivity contribution < 1.29 is 19.5 Å². The van der Waals surface area contributed by atoms with Gasteiger partial charge in [-0.05, 0) is 23.5 Å². The number of carbonyl (C=O) groups is 3. The number of amides is 3. The van der Waals surface area contributed by atoms with Gasteiger partial charge in [0.05, 0.1) is 26.6 Å². The lowest BCUT2D eigenvalue weighted by atomic mass is 9.85. The number of aromatic nitrogens is 1. The van der Waals surface area contributed by atoms with E-state index in [1.807, 2.05) is 80.1 Å². The van der Waals surface area contributed by atoms with Gasteiger partial charge in [-0.1, -0.05) is 67.6 Å². The summed E-state index contributed by atoms with van der Waals surface area (Å²) in [7, 11) is 0. The molecular weight excluding hydrogens is 567 g/mol. The molecule has 0 radical (unpaired) electrons. The van der Waals surface area contributed by atoms with Gasteiger partial charge in [-0.25, -0.2) is 4.98 Å². The lowest BCUT2D eigenvalue weighted by Crippen LogP contribution is -2.57. The minimum absolute atomic E-state index is 0.0620. The van der Waals surface area contributed by atoms with Crippen LogP contribution in [0.5, 0.6) is 0 Å². The van der Waals surface area contributed by atoms with Crippen LogP contribution in [0.3, 0.4) is 0 Å². The Hall–Kier alpha value is -2.05. The van der Waals surface area contributed by atoms with E-state index in [1.54, 1.807) is 11.3 Å². The molecule has 34 heavy (non-hydrogen) atoms. The number of carbonyl (C=O) groups excluding carboxylic acids is 3. The number of halogens is 1. The zero-order valence-electron chi connectivity index (χ0n) is 19.8. The first-order valence-electron chi connectivity index (χ1n) is 11.1. The first-order chi connectivity index (χ1) is 16.0. The molecular formula is C24H31IN4O4S. The van der Waals surface area contributed by atoms with Crippen LogP contribution in [0, 0.1) is 12.3 Å². The van der Waals surface area contributed by atoms with Crippen molar-refractivity contribution in [1.82, 2.24) is 20.5 Å². The molecule has 3 rings (SSSR count). The Kier molecular flexibility index (Phi) is 8.69. The normalized spacial score (nSPS) is 19.1. The van der Waals surface area contributed by atoms with Crippen molar-refractivity contribution >= 4 is 51.6 Å². The average molecular weight is 599 g/mol. The standard InChI is InChI=1S/C24H31IN4O4S/c1-14-20(34-13-27-14)16-7-5-15(6-8-16)11-26-22(32)18-9-17(30)12-29(18)23(33)21(24(2,3)4)28-19(31)10-25/h5-8,13,17-18,21,30H,9-12H2,1-4H3,(H,26,32)(H,28,31)/t17-,18+,21-/m1/s1. The van der Waals surface area contributed by atoms with Gasteiger partial charge in [-0.2, -0.15) is 0 Å². The number of nitrogens with zero attached hydrogens (tertiary/aromatic N) is 2. The number of β-amino-alcohol motifs (C(OH)–C–C–N with tert-alkyl or cyclic N) is 1. The minimum atomic E-state index is -0.793. The fourth-order valence-corrected chi connectivity index (χ4v) is 5.01. The summed E-state index contributed by atoms with van der Waals surface area (Å²) in [6, 6.07) is 6.33. The van der Waals surface area contributed by atoms with Gasteiger partial charge >= 0.3 is 0 Å². The monoisotopic (exact) mass is 598 g/mol. The number of benzene rings is 1. The van der Waals surface area contributed by atoms with Crippen molar-refractivity contribution in [2.45, 2.75) is 58.8 Å². The number of aliphatic hydroxyl groups is 1. The zero-order chi connectivity index (χ0) is 25.0. The van der Waals surface area contributed by atoms with E-state index in [4.69, 9.17) is 0 Å². The SMILES string of the molecule is Cc1ncsc1-c1ccc(CNC(=O)[C@@H]2C[C@@H](O)CN2C(=O)[C@@H](NC(=O)CI)C(C)(C)C)cc1. The Bertz CT molecular complexity index is 1030. The maximum atomic E-state index is 13.4. The summed E-state index contributed by atoms with van der Waals surface area (Å²) in [4.78, 5) is 45.2. The van der Waals surface area contributed by atoms with E-state index in [-0.39, 0.29) is 35.1 Å². The number of alkyl halides is 1. The molecule has 0 aliphatic carbocycles. The van der Waals surface area contributed by atoms with Crippen LogP contribution in [0.15, 0.2) is 29.8 Å². The molecule has 1 aliphatic heterocycles. The molecule has 2 aromatic rings. The predicted octanol–water partition coefficient (Wildman–Crippen LogP) is 2.66. The Labute approximate surface area is 217 Å². The fourth-order valence-electron chi connectivity index (χ4n) is 3.98. The Morgan fingerprint density at radius 2 is 1.94 bits per heavy atom. The summed E-state index contributed by atoms with van der Waals surface area (Å²) >= 11 is 3.53. The van der Waals surface area contributed by atoms with E-state index >= 15 is 0 Å². The fraction of sp³-hybridized carbons (Fsp3) is 0.500. The smallest absolute Gasteiger partial charge is 0.246 e. The second-order valence-electron chi connectivity index (χ2n) is 9.58. The third-order valence-corrected chi connectivity index (χ3v) is 7.50. The topological polar surface area (TPSA) is 112 Å². The molecule has 2 heterocycles. The number of aryl methyl sites for hydroxylation is 1. The summed E-state index contributed by atoms with van der Waals surface area (Å²) in [5.74, 6) is -0.918. The molecule has 3 N–H and O–H groups in total. The average Bonchev–Trinajstić information content (AvgIpc) is 3.40. The van der Waals surface area contributed by atoms with E-state index in [1.165, 1.54) is 4.90 Å². The van der Waals surface area contributed by atoms with Crippen molar-refractivity contribution in [3.05, 3.63) is 41.0 Å². The van der Waals surface area contributed by atoms with Crippen molar-refractivity contribution in [3.63, 3.8) is 0 Å². The van der Waals surface area contributed by atoms with E-state index in [9.17, 15) is 19.5 Å². The van der Waals surface area contributed by atoms with Crippen LogP contribution >= 0.6 is 33.9 Å². The maximum absolute atomic E-state index is 13.4. The van der Waals surface area contributed by atoms with E-state index in [0.29, 0.717) is 6.54 Å². The van der Waals surface area contributed by atoms with Crippen LogP contribution in [0.25, 0.3) is 10.4 Å². The molecule has 1 aromatic heterocycles. The summed E-state index contributed by atoms with van der Waals surface area (Å²) < 4.78 is 0.228. The summed E-state index contributed by atoms with van der Waals surface area (Å²) in [5, 5.41) is 15.9. The lowest BCUT2D eigenvalue weighted by molar-refractivity contribution is -0.143. The molecule has 3 amide bonds. The number of aliphatic hydroxyl groups excluding tert-OH is 1. The highest BCUT2D eigenvalue weighted by molar-refractivity contribution is 14.1. The van der Waals surface area contributed by atoms with Crippen molar-refractivity contribution in [2.75, 3.05) is 11.0 Å². The van der Waals surface area contributed by atoms with Gasteiger partial charge < -0.3 is 20.6 Å². The number of likely N-dealkylation sites (tertiary alicyclic amines) is 1. The highest BCUT2D eigenvalue weighted by Gasteiger charge is 2.44. The van der Waals surface area contributed by atoms with Crippen molar-refractivity contribution in [3.8, 4) is 10.4 Å². The quantitative estimate of drug-likeness (QED) is 0.336. The second-order valence-corrected chi connectivity index (χ2v) is 11.2. The van der Waals surface area contributed by atoms with Crippen LogP contribution in [-0.4, -0.2) is 61.9 Å². The van der Waals surface area contributed by atoms with E-state index in [0.717, 1.165) is 21.7 Å². The third-order valence-electron chi connectivity index (χ3n) is 5.83. The van der Waals surface area contributed by atoms with Crippen molar-refractivity contribution in [1.29, 1.82) is 0 Å². The van der Waals surface area contributed by atoms with E-state index in [2.05, 4.69) is 15.6 Å². The van der Waals surface area contributed by atoms with E-state index < -0.39 is 23.6 Å². The second kappa shape index (κ2) is 11.1. The first-order valence-corrected chi connectivity index (χ1v) is 13.5.